The lowest BCUT2D eigenvalue weighted by Gasteiger charge is -2.40. The normalized spacial score (nSPS) is 29.5. The van der Waals surface area contributed by atoms with E-state index < -0.39 is 11.5 Å². The first-order chi connectivity index (χ1) is 11.5. The van der Waals surface area contributed by atoms with Gasteiger partial charge in [-0.15, -0.1) is 0 Å². The first-order valence-electron chi connectivity index (χ1n) is 9.36. The van der Waals surface area contributed by atoms with E-state index in [0.717, 1.165) is 57.8 Å². The molecule has 0 aromatic heterocycles. The third-order valence-electron chi connectivity index (χ3n) is 6.15. The molecular formula is C18H28N2O4. The van der Waals surface area contributed by atoms with Crippen molar-refractivity contribution >= 4 is 17.8 Å². The number of carbonyl (C=O) groups is 3. The van der Waals surface area contributed by atoms with Crippen molar-refractivity contribution < 1.29 is 19.5 Å². The van der Waals surface area contributed by atoms with Gasteiger partial charge in [-0.05, 0) is 57.8 Å². The Hall–Kier alpha value is -1.59. The standard InChI is InChI=1S/C18H28N2O4/c21-15(12-4-1-2-5-12)19-14-8-6-13(7-9-14)16(22)20-18(17(23)24)10-3-11-18/h12-14H,1-11H2,(H,19,21)(H,20,22)(H,23,24). The van der Waals surface area contributed by atoms with E-state index in [1.165, 1.54) is 0 Å². The lowest BCUT2D eigenvalue weighted by atomic mass is 9.75. The van der Waals surface area contributed by atoms with Gasteiger partial charge in [0.1, 0.15) is 5.54 Å². The van der Waals surface area contributed by atoms with Crippen LogP contribution in [-0.4, -0.2) is 34.5 Å². The van der Waals surface area contributed by atoms with E-state index in [1.54, 1.807) is 0 Å². The Labute approximate surface area is 142 Å². The molecule has 0 aromatic carbocycles. The van der Waals surface area contributed by atoms with Gasteiger partial charge in [0.25, 0.3) is 0 Å². The number of hydrogen-bond donors (Lipinski definition) is 3. The molecule has 3 aliphatic rings. The zero-order chi connectivity index (χ0) is 17.2. The summed E-state index contributed by atoms with van der Waals surface area (Å²) in [6.45, 7) is 0. The van der Waals surface area contributed by atoms with Crippen LogP contribution in [-0.2, 0) is 14.4 Å². The summed E-state index contributed by atoms with van der Waals surface area (Å²) in [7, 11) is 0. The van der Waals surface area contributed by atoms with E-state index in [2.05, 4.69) is 10.6 Å². The minimum absolute atomic E-state index is 0.124. The molecule has 0 heterocycles. The molecule has 0 atom stereocenters. The van der Waals surface area contributed by atoms with Gasteiger partial charge in [0.15, 0.2) is 0 Å². The van der Waals surface area contributed by atoms with Gasteiger partial charge in [0, 0.05) is 17.9 Å². The van der Waals surface area contributed by atoms with Crippen LogP contribution in [0.15, 0.2) is 0 Å². The van der Waals surface area contributed by atoms with Gasteiger partial charge in [-0.2, -0.15) is 0 Å². The Morgan fingerprint density at radius 2 is 1.38 bits per heavy atom. The third kappa shape index (κ3) is 3.57. The topological polar surface area (TPSA) is 95.5 Å². The van der Waals surface area contributed by atoms with Crippen LogP contribution >= 0.6 is 0 Å². The van der Waals surface area contributed by atoms with Gasteiger partial charge in [-0.25, -0.2) is 4.79 Å². The van der Waals surface area contributed by atoms with Crippen molar-refractivity contribution in [3.8, 4) is 0 Å². The Kier molecular flexibility index (Phi) is 5.11. The van der Waals surface area contributed by atoms with Crippen molar-refractivity contribution in [2.75, 3.05) is 0 Å². The quantitative estimate of drug-likeness (QED) is 0.715. The molecule has 3 aliphatic carbocycles. The molecular weight excluding hydrogens is 308 g/mol. The molecule has 3 rings (SSSR count). The zero-order valence-electron chi connectivity index (χ0n) is 14.2. The highest BCUT2D eigenvalue weighted by atomic mass is 16.4. The molecule has 0 spiro atoms. The summed E-state index contributed by atoms with van der Waals surface area (Å²) in [5.41, 5.74) is -1.02. The molecule has 0 radical (unpaired) electrons. The number of nitrogens with one attached hydrogen (secondary N) is 2. The Morgan fingerprint density at radius 3 is 1.88 bits per heavy atom. The molecule has 3 fully saturated rings. The largest absolute Gasteiger partial charge is 0.480 e. The van der Waals surface area contributed by atoms with Crippen LogP contribution in [0.25, 0.3) is 0 Å². The average molecular weight is 336 g/mol. The predicted molar refractivity (Wildman–Crippen MR) is 88.2 cm³/mol. The molecule has 0 aromatic rings. The van der Waals surface area contributed by atoms with Gasteiger partial charge in [0.05, 0.1) is 0 Å². The second-order valence-corrected chi connectivity index (χ2v) is 7.77. The highest BCUT2D eigenvalue weighted by molar-refractivity contribution is 5.89. The van der Waals surface area contributed by atoms with E-state index in [-0.39, 0.29) is 29.7 Å². The molecule has 134 valence electrons. The first-order valence-corrected chi connectivity index (χ1v) is 9.36. The molecule has 3 N–H and O–H groups in total. The maximum atomic E-state index is 12.4. The molecule has 2 amide bonds. The fraction of sp³-hybridized carbons (Fsp3) is 0.833. The summed E-state index contributed by atoms with van der Waals surface area (Å²) in [4.78, 5) is 35.9. The second-order valence-electron chi connectivity index (χ2n) is 7.77. The Balaban J connectivity index is 1.43. The monoisotopic (exact) mass is 336 g/mol. The van der Waals surface area contributed by atoms with Gasteiger partial charge in [-0.1, -0.05) is 12.8 Å². The summed E-state index contributed by atoms with van der Waals surface area (Å²) in [6, 6.07) is 0.166. The van der Waals surface area contributed by atoms with E-state index in [4.69, 9.17) is 0 Å². The highest BCUT2D eigenvalue weighted by Gasteiger charge is 2.46. The van der Waals surface area contributed by atoms with E-state index >= 15 is 0 Å². The lowest BCUT2D eigenvalue weighted by molar-refractivity contribution is -0.152. The number of carbonyl (C=O) groups excluding carboxylic acids is 2. The fourth-order valence-corrected chi connectivity index (χ4v) is 4.27. The van der Waals surface area contributed by atoms with Crippen molar-refractivity contribution in [2.24, 2.45) is 11.8 Å². The number of aliphatic carboxylic acids is 1. The van der Waals surface area contributed by atoms with Crippen LogP contribution in [0, 0.1) is 11.8 Å². The molecule has 24 heavy (non-hydrogen) atoms. The van der Waals surface area contributed by atoms with Crippen molar-refractivity contribution in [2.45, 2.75) is 82.2 Å². The van der Waals surface area contributed by atoms with Crippen molar-refractivity contribution in [1.29, 1.82) is 0 Å². The van der Waals surface area contributed by atoms with Gasteiger partial charge in [-0.3, -0.25) is 9.59 Å². The molecule has 0 saturated heterocycles. The van der Waals surface area contributed by atoms with Crippen LogP contribution in [0.5, 0.6) is 0 Å². The SMILES string of the molecule is O=C(NC1CCC(C(=O)NC2(C(=O)O)CCC2)CC1)C1CCCC1. The number of hydrogen-bond acceptors (Lipinski definition) is 3. The minimum Gasteiger partial charge on any atom is -0.480 e. The van der Waals surface area contributed by atoms with Crippen LogP contribution in [0.1, 0.15) is 70.6 Å². The van der Waals surface area contributed by atoms with Crippen LogP contribution in [0.2, 0.25) is 0 Å². The zero-order valence-corrected chi connectivity index (χ0v) is 14.2. The number of amides is 2. The van der Waals surface area contributed by atoms with E-state index in [9.17, 15) is 19.5 Å². The minimum atomic E-state index is -1.02. The Bertz CT molecular complexity index is 501. The number of carboxylic acid groups (broad SMARTS) is 1. The maximum absolute atomic E-state index is 12.4. The predicted octanol–water partition coefficient (Wildman–Crippen LogP) is 1.98. The molecule has 0 bridgehead atoms. The van der Waals surface area contributed by atoms with Crippen LogP contribution < -0.4 is 10.6 Å². The number of rotatable bonds is 5. The summed E-state index contributed by atoms with van der Waals surface area (Å²) >= 11 is 0. The summed E-state index contributed by atoms with van der Waals surface area (Å²) in [6.07, 6.45) is 9.25. The maximum Gasteiger partial charge on any atom is 0.329 e. The third-order valence-corrected chi connectivity index (χ3v) is 6.15. The molecule has 0 unspecified atom stereocenters. The highest BCUT2D eigenvalue weighted by Crippen LogP contribution is 2.34. The summed E-state index contributed by atoms with van der Waals surface area (Å²) in [5.74, 6) is -0.807. The van der Waals surface area contributed by atoms with Gasteiger partial charge >= 0.3 is 5.97 Å². The van der Waals surface area contributed by atoms with E-state index in [0.29, 0.717) is 12.8 Å². The molecule has 6 heteroatoms. The van der Waals surface area contributed by atoms with Crippen LogP contribution in [0.4, 0.5) is 0 Å². The molecule has 0 aliphatic heterocycles. The molecule has 6 nitrogen and oxygen atoms in total. The Morgan fingerprint density at radius 1 is 0.792 bits per heavy atom. The van der Waals surface area contributed by atoms with Gasteiger partial charge < -0.3 is 15.7 Å². The molecule has 3 saturated carbocycles. The fourth-order valence-electron chi connectivity index (χ4n) is 4.27. The van der Waals surface area contributed by atoms with Crippen LogP contribution in [0.3, 0.4) is 0 Å². The first kappa shape index (κ1) is 17.2. The summed E-state index contributed by atoms with van der Waals surface area (Å²) in [5, 5.41) is 15.2. The van der Waals surface area contributed by atoms with Gasteiger partial charge in [0.2, 0.25) is 11.8 Å². The number of carboxylic acids is 1. The summed E-state index contributed by atoms with van der Waals surface area (Å²) < 4.78 is 0. The van der Waals surface area contributed by atoms with Crippen molar-refractivity contribution in [3.63, 3.8) is 0 Å². The van der Waals surface area contributed by atoms with Crippen molar-refractivity contribution in [3.05, 3.63) is 0 Å². The lowest BCUT2D eigenvalue weighted by Crippen LogP contribution is -2.60. The van der Waals surface area contributed by atoms with Crippen molar-refractivity contribution in [1.82, 2.24) is 10.6 Å². The van der Waals surface area contributed by atoms with E-state index in [1.807, 2.05) is 0 Å². The smallest absolute Gasteiger partial charge is 0.329 e. The second kappa shape index (κ2) is 7.11. The average Bonchev–Trinajstić information content (AvgIpc) is 3.05.